The molecule has 0 fully saturated rings. The van der Waals surface area contributed by atoms with Crippen LogP contribution in [0.3, 0.4) is 0 Å². The van der Waals surface area contributed by atoms with E-state index in [1.807, 2.05) is 24.3 Å². The lowest BCUT2D eigenvalue weighted by Gasteiger charge is -2.23. The zero-order valence-electron chi connectivity index (χ0n) is 15.0. The molecule has 0 saturated carbocycles. The fourth-order valence-corrected chi connectivity index (χ4v) is 2.35. The lowest BCUT2D eigenvalue weighted by molar-refractivity contribution is 0.266. The third-order valence-corrected chi connectivity index (χ3v) is 4.48. The van der Waals surface area contributed by atoms with E-state index in [1.165, 1.54) is 5.56 Å². The largest absolute Gasteiger partial charge is 0.494 e. The predicted molar refractivity (Wildman–Crippen MR) is 101 cm³/mol. The number of hydrogen-bond donors (Lipinski definition) is 1. The summed E-state index contributed by atoms with van der Waals surface area (Å²) in [6.45, 7) is 8.16. The Morgan fingerprint density at radius 1 is 0.792 bits per heavy atom. The van der Waals surface area contributed by atoms with E-state index in [2.05, 4.69) is 45.0 Å². The summed E-state index contributed by atoms with van der Waals surface area (Å²) in [6, 6.07) is 16.0. The van der Waals surface area contributed by atoms with Gasteiger partial charge in [-0.2, -0.15) is 0 Å². The topological polar surface area (TPSA) is 44.5 Å². The second kappa shape index (κ2) is 8.62. The quantitative estimate of drug-likeness (QED) is 0.509. The molecule has 0 heterocycles. The fourth-order valence-electron chi connectivity index (χ4n) is 2.35. The van der Waals surface area contributed by atoms with E-state index >= 15 is 0 Å². The van der Waals surface area contributed by atoms with Gasteiger partial charge < -0.3 is 15.2 Å². The lowest BCUT2D eigenvalue weighted by atomic mass is 9.82. The Morgan fingerprint density at radius 3 is 1.71 bits per heavy atom. The Bertz CT molecular complexity index is 603. The van der Waals surface area contributed by atoms with Crippen LogP contribution in [0.1, 0.15) is 45.6 Å². The number of ether oxygens (including phenoxy) is 2. The molecule has 0 atom stereocenters. The molecule has 0 aromatic heterocycles. The minimum atomic E-state index is 0.220. The van der Waals surface area contributed by atoms with Crippen LogP contribution in [0.4, 0.5) is 5.69 Å². The zero-order valence-corrected chi connectivity index (χ0v) is 15.0. The van der Waals surface area contributed by atoms with Gasteiger partial charge in [0.1, 0.15) is 11.5 Å². The van der Waals surface area contributed by atoms with E-state index in [0.29, 0.717) is 13.2 Å². The molecule has 0 aliphatic carbocycles. The van der Waals surface area contributed by atoms with Gasteiger partial charge in [0.15, 0.2) is 0 Å². The van der Waals surface area contributed by atoms with E-state index < -0.39 is 0 Å². The normalized spacial score (nSPS) is 11.3. The molecule has 2 aromatic rings. The third kappa shape index (κ3) is 5.48. The van der Waals surface area contributed by atoms with Gasteiger partial charge in [-0.3, -0.25) is 0 Å². The molecule has 0 aliphatic heterocycles. The van der Waals surface area contributed by atoms with Crippen molar-refractivity contribution < 1.29 is 9.47 Å². The maximum absolute atomic E-state index is 5.80. The van der Waals surface area contributed by atoms with Crippen molar-refractivity contribution in [3.63, 3.8) is 0 Å². The van der Waals surface area contributed by atoms with Crippen LogP contribution in [0.25, 0.3) is 0 Å². The third-order valence-electron chi connectivity index (χ3n) is 4.48. The molecule has 3 nitrogen and oxygen atoms in total. The van der Waals surface area contributed by atoms with Gasteiger partial charge in [0.25, 0.3) is 0 Å². The molecule has 2 rings (SSSR count). The van der Waals surface area contributed by atoms with Gasteiger partial charge in [-0.1, -0.05) is 32.9 Å². The monoisotopic (exact) mass is 327 g/mol. The van der Waals surface area contributed by atoms with Crippen molar-refractivity contribution in [1.82, 2.24) is 0 Å². The standard InChI is InChI=1S/C21H29NO2/c1-4-21(2,3)17-7-11-19(12-8-17)23-15-5-6-16-24-20-13-9-18(22)10-14-20/h7-14H,4-6,15-16,22H2,1-3H3. The van der Waals surface area contributed by atoms with Crippen molar-refractivity contribution in [1.29, 1.82) is 0 Å². The summed E-state index contributed by atoms with van der Waals surface area (Å²) in [5, 5.41) is 0. The van der Waals surface area contributed by atoms with Gasteiger partial charge in [0.2, 0.25) is 0 Å². The molecule has 0 bridgehead atoms. The first-order valence-electron chi connectivity index (χ1n) is 8.73. The minimum Gasteiger partial charge on any atom is -0.494 e. The average Bonchev–Trinajstić information content (AvgIpc) is 2.60. The summed E-state index contributed by atoms with van der Waals surface area (Å²) in [4.78, 5) is 0. The van der Waals surface area contributed by atoms with Gasteiger partial charge in [-0.15, -0.1) is 0 Å². The first kappa shape index (κ1) is 18.2. The van der Waals surface area contributed by atoms with Crippen LogP contribution in [0.5, 0.6) is 11.5 Å². The van der Waals surface area contributed by atoms with Crippen molar-refractivity contribution in [2.45, 2.75) is 45.4 Å². The number of nitrogens with two attached hydrogens (primary N) is 1. The van der Waals surface area contributed by atoms with E-state index in [4.69, 9.17) is 15.2 Å². The molecule has 0 aliphatic rings. The first-order chi connectivity index (χ1) is 11.5. The zero-order chi connectivity index (χ0) is 17.4. The Hall–Kier alpha value is -2.16. The van der Waals surface area contributed by atoms with Crippen LogP contribution >= 0.6 is 0 Å². The molecule has 0 amide bonds. The number of unbranched alkanes of at least 4 members (excludes halogenated alkanes) is 1. The Balaban J connectivity index is 1.64. The molecule has 0 radical (unpaired) electrons. The highest BCUT2D eigenvalue weighted by atomic mass is 16.5. The van der Waals surface area contributed by atoms with Crippen molar-refractivity contribution in [2.24, 2.45) is 0 Å². The fraction of sp³-hybridized carbons (Fsp3) is 0.429. The van der Waals surface area contributed by atoms with Crippen LogP contribution in [-0.2, 0) is 5.41 Å². The van der Waals surface area contributed by atoms with Gasteiger partial charge in [0.05, 0.1) is 13.2 Å². The summed E-state index contributed by atoms with van der Waals surface area (Å²) in [5.74, 6) is 1.80. The van der Waals surface area contributed by atoms with Crippen molar-refractivity contribution in [2.75, 3.05) is 18.9 Å². The number of rotatable bonds is 9. The Kier molecular flexibility index (Phi) is 6.53. The summed E-state index contributed by atoms with van der Waals surface area (Å²) in [7, 11) is 0. The smallest absolute Gasteiger partial charge is 0.119 e. The molecular weight excluding hydrogens is 298 g/mol. The lowest BCUT2D eigenvalue weighted by Crippen LogP contribution is -2.15. The highest BCUT2D eigenvalue weighted by Gasteiger charge is 2.17. The number of nitrogen functional groups attached to an aromatic ring is 1. The molecule has 0 saturated heterocycles. The van der Waals surface area contributed by atoms with Crippen molar-refractivity contribution in [3.8, 4) is 11.5 Å². The molecule has 0 unspecified atom stereocenters. The first-order valence-corrected chi connectivity index (χ1v) is 8.73. The van der Waals surface area contributed by atoms with E-state index in [-0.39, 0.29) is 5.41 Å². The van der Waals surface area contributed by atoms with Crippen LogP contribution < -0.4 is 15.2 Å². The molecule has 0 spiro atoms. The van der Waals surface area contributed by atoms with Crippen molar-refractivity contribution >= 4 is 5.69 Å². The molecule has 2 N–H and O–H groups in total. The Morgan fingerprint density at radius 2 is 1.25 bits per heavy atom. The van der Waals surface area contributed by atoms with Crippen LogP contribution in [-0.4, -0.2) is 13.2 Å². The summed E-state index contributed by atoms with van der Waals surface area (Å²) in [5.41, 5.74) is 7.97. The van der Waals surface area contributed by atoms with Crippen LogP contribution in [0.15, 0.2) is 48.5 Å². The predicted octanol–water partition coefficient (Wildman–Crippen LogP) is 5.19. The molecule has 3 heteroatoms. The number of anilines is 1. The van der Waals surface area contributed by atoms with Gasteiger partial charge in [-0.05, 0) is 66.6 Å². The highest BCUT2D eigenvalue weighted by molar-refractivity contribution is 5.41. The van der Waals surface area contributed by atoms with Crippen LogP contribution in [0.2, 0.25) is 0 Å². The number of hydrogen-bond acceptors (Lipinski definition) is 3. The highest BCUT2D eigenvalue weighted by Crippen LogP contribution is 2.28. The van der Waals surface area contributed by atoms with Gasteiger partial charge in [0, 0.05) is 5.69 Å². The average molecular weight is 327 g/mol. The summed E-state index contributed by atoms with van der Waals surface area (Å²) >= 11 is 0. The molecule has 24 heavy (non-hydrogen) atoms. The molecule has 2 aromatic carbocycles. The van der Waals surface area contributed by atoms with Crippen LogP contribution in [0, 0.1) is 0 Å². The number of benzene rings is 2. The minimum absolute atomic E-state index is 0.220. The second-order valence-corrected chi connectivity index (χ2v) is 6.73. The van der Waals surface area contributed by atoms with E-state index in [0.717, 1.165) is 36.4 Å². The van der Waals surface area contributed by atoms with Crippen molar-refractivity contribution in [3.05, 3.63) is 54.1 Å². The van der Waals surface area contributed by atoms with E-state index in [1.54, 1.807) is 0 Å². The second-order valence-electron chi connectivity index (χ2n) is 6.73. The van der Waals surface area contributed by atoms with E-state index in [9.17, 15) is 0 Å². The maximum atomic E-state index is 5.80. The molecule has 130 valence electrons. The molecular formula is C21H29NO2. The summed E-state index contributed by atoms with van der Waals surface area (Å²) < 4.78 is 11.5. The summed E-state index contributed by atoms with van der Waals surface area (Å²) in [6.07, 6.45) is 3.06. The van der Waals surface area contributed by atoms with Gasteiger partial charge in [-0.25, -0.2) is 0 Å². The maximum Gasteiger partial charge on any atom is 0.119 e. The van der Waals surface area contributed by atoms with Gasteiger partial charge >= 0.3 is 0 Å². The Labute approximate surface area is 145 Å². The SMILES string of the molecule is CCC(C)(C)c1ccc(OCCCCOc2ccc(N)cc2)cc1.